The summed E-state index contributed by atoms with van der Waals surface area (Å²) in [5.74, 6) is 0.393. The molecule has 4 nitrogen and oxygen atoms in total. The summed E-state index contributed by atoms with van der Waals surface area (Å²) >= 11 is 0. The third-order valence-corrected chi connectivity index (χ3v) is 3.48. The molecule has 0 aromatic carbocycles. The van der Waals surface area contributed by atoms with Crippen LogP contribution in [0.1, 0.15) is 39.5 Å². The van der Waals surface area contributed by atoms with E-state index in [1.54, 1.807) is 0 Å². The first-order valence-corrected chi connectivity index (χ1v) is 6.64. The summed E-state index contributed by atoms with van der Waals surface area (Å²) in [6.07, 6.45) is 4.80. The lowest BCUT2D eigenvalue weighted by Crippen LogP contribution is -2.45. The van der Waals surface area contributed by atoms with Gasteiger partial charge >= 0.3 is 5.97 Å². The number of rotatable bonds is 5. The van der Waals surface area contributed by atoms with E-state index in [-0.39, 0.29) is 12.1 Å². The van der Waals surface area contributed by atoms with Crippen molar-refractivity contribution < 1.29 is 9.53 Å². The van der Waals surface area contributed by atoms with E-state index < -0.39 is 0 Å². The molecular weight excluding hydrogens is 216 g/mol. The second-order valence-electron chi connectivity index (χ2n) is 5.30. The molecule has 0 radical (unpaired) electrons. The molecule has 4 heteroatoms. The summed E-state index contributed by atoms with van der Waals surface area (Å²) in [6, 6.07) is 0.438. The Morgan fingerprint density at radius 3 is 2.65 bits per heavy atom. The van der Waals surface area contributed by atoms with Crippen LogP contribution in [0.15, 0.2) is 0 Å². The highest BCUT2D eigenvalue weighted by atomic mass is 16.5. The van der Waals surface area contributed by atoms with Crippen molar-refractivity contribution in [3.8, 4) is 0 Å². The maximum absolute atomic E-state index is 11.6. The molecule has 17 heavy (non-hydrogen) atoms. The molecule has 0 heterocycles. The fraction of sp³-hybridized carbons (Fsp3) is 0.923. The Morgan fingerprint density at radius 1 is 1.41 bits per heavy atom. The van der Waals surface area contributed by atoms with Gasteiger partial charge in [-0.25, -0.2) is 0 Å². The summed E-state index contributed by atoms with van der Waals surface area (Å²) in [4.78, 5) is 13.7. The summed E-state index contributed by atoms with van der Waals surface area (Å²) < 4.78 is 5.17. The molecule has 0 aliphatic heterocycles. The van der Waals surface area contributed by atoms with Crippen LogP contribution in [-0.2, 0) is 9.53 Å². The van der Waals surface area contributed by atoms with Crippen LogP contribution in [0.5, 0.6) is 0 Å². The lowest BCUT2D eigenvalue weighted by atomic mass is 9.84. The molecule has 1 fully saturated rings. The first-order valence-electron chi connectivity index (χ1n) is 6.64. The van der Waals surface area contributed by atoms with Gasteiger partial charge in [0, 0.05) is 6.04 Å². The molecular formula is C13H26N2O2. The number of carbonyl (C=O) groups excluding carboxylic acids is 1. The Hall–Kier alpha value is -0.610. The average Bonchev–Trinajstić information content (AvgIpc) is 2.27. The molecule has 1 saturated carbocycles. The van der Waals surface area contributed by atoms with Crippen molar-refractivity contribution in [1.29, 1.82) is 0 Å². The topological polar surface area (TPSA) is 55.6 Å². The summed E-state index contributed by atoms with van der Waals surface area (Å²) in [5, 5.41) is 0. The lowest BCUT2D eigenvalue weighted by Gasteiger charge is -2.37. The van der Waals surface area contributed by atoms with Gasteiger partial charge < -0.3 is 10.5 Å². The third kappa shape index (κ3) is 4.64. The maximum atomic E-state index is 11.6. The maximum Gasteiger partial charge on any atom is 0.320 e. The second-order valence-corrected chi connectivity index (χ2v) is 5.30. The Labute approximate surface area is 104 Å². The Morgan fingerprint density at radius 2 is 2.06 bits per heavy atom. The molecule has 0 bridgehead atoms. The SMILES string of the molecule is CC(C)OC(=O)CN(C)C1CCCCC1CN. The number of likely N-dealkylation sites (N-methyl/N-ethyl adjacent to an activating group) is 1. The molecule has 1 aliphatic rings. The highest BCUT2D eigenvalue weighted by molar-refractivity contribution is 5.71. The number of hydrogen-bond acceptors (Lipinski definition) is 4. The van der Waals surface area contributed by atoms with E-state index in [0.717, 1.165) is 6.42 Å². The van der Waals surface area contributed by atoms with Crippen molar-refractivity contribution in [2.45, 2.75) is 51.7 Å². The van der Waals surface area contributed by atoms with Gasteiger partial charge in [-0.15, -0.1) is 0 Å². The molecule has 1 aliphatic carbocycles. The highest BCUT2D eigenvalue weighted by Crippen LogP contribution is 2.26. The van der Waals surface area contributed by atoms with Crippen LogP contribution >= 0.6 is 0 Å². The van der Waals surface area contributed by atoms with E-state index >= 15 is 0 Å². The van der Waals surface area contributed by atoms with Crippen LogP contribution < -0.4 is 5.73 Å². The van der Waals surface area contributed by atoms with Crippen LogP contribution in [-0.4, -0.2) is 43.2 Å². The van der Waals surface area contributed by atoms with Crippen molar-refractivity contribution in [2.24, 2.45) is 11.7 Å². The predicted octanol–water partition coefficient (Wildman–Crippen LogP) is 1.39. The minimum Gasteiger partial charge on any atom is -0.462 e. The van der Waals surface area contributed by atoms with Crippen LogP contribution in [0.4, 0.5) is 0 Å². The van der Waals surface area contributed by atoms with Crippen molar-refractivity contribution in [3.05, 3.63) is 0 Å². The van der Waals surface area contributed by atoms with Gasteiger partial charge in [0.25, 0.3) is 0 Å². The Balaban J connectivity index is 2.44. The molecule has 0 saturated heterocycles. The quantitative estimate of drug-likeness (QED) is 0.740. The summed E-state index contributed by atoms with van der Waals surface area (Å²) in [6.45, 7) is 4.84. The summed E-state index contributed by atoms with van der Waals surface area (Å²) in [5.41, 5.74) is 5.80. The predicted molar refractivity (Wildman–Crippen MR) is 68.7 cm³/mol. The first kappa shape index (κ1) is 14.5. The number of nitrogens with two attached hydrogens (primary N) is 1. The molecule has 2 atom stereocenters. The standard InChI is InChI=1S/C13H26N2O2/c1-10(2)17-13(16)9-15(3)12-7-5-4-6-11(12)8-14/h10-12H,4-9,14H2,1-3H3. The van der Waals surface area contributed by atoms with Gasteiger partial charge in [0.2, 0.25) is 0 Å². The molecule has 0 aromatic heterocycles. The molecule has 0 spiro atoms. The second kappa shape index (κ2) is 6.97. The molecule has 100 valence electrons. The minimum absolute atomic E-state index is 0.0347. The minimum atomic E-state index is -0.135. The third-order valence-electron chi connectivity index (χ3n) is 3.48. The van der Waals surface area contributed by atoms with Gasteiger partial charge in [0.05, 0.1) is 12.6 Å². The van der Waals surface area contributed by atoms with Gasteiger partial charge in [0.15, 0.2) is 0 Å². The molecule has 0 aromatic rings. The van der Waals surface area contributed by atoms with E-state index in [1.165, 1.54) is 19.3 Å². The number of carbonyl (C=O) groups is 1. The highest BCUT2D eigenvalue weighted by Gasteiger charge is 2.28. The molecule has 0 amide bonds. The van der Waals surface area contributed by atoms with E-state index in [0.29, 0.717) is 25.0 Å². The number of hydrogen-bond donors (Lipinski definition) is 1. The number of ether oxygens (including phenoxy) is 1. The van der Waals surface area contributed by atoms with Crippen molar-refractivity contribution in [2.75, 3.05) is 20.1 Å². The normalized spacial score (nSPS) is 25.3. The van der Waals surface area contributed by atoms with E-state index in [4.69, 9.17) is 10.5 Å². The average molecular weight is 242 g/mol. The largest absolute Gasteiger partial charge is 0.462 e. The zero-order chi connectivity index (χ0) is 12.8. The Kier molecular flexibility index (Phi) is 5.92. The lowest BCUT2D eigenvalue weighted by molar-refractivity contribution is -0.149. The zero-order valence-electron chi connectivity index (χ0n) is 11.3. The number of nitrogens with zero attached hydrogens (tertiary/aromatic N) is 1. The van der Waals surface area contributed by atoms with Crippen molar-refractivity contribution in [3.63, 3.8) is 0 Å². The van der Waals surface area contributed by atoms with E-state index in [9.17, 15) is 4.79 Å². The van der Waals surface area contributed by atoms with Crippen LogP contribution in [0, 0.1) is 5.92 Å². The van der Waals surface area contributed by atoms with E-state index in [1.807, 2.05) is 20.9 Å². The monoisotopic (exact) mass is 242 g/mol. The summed E-state index contributed by atoms with van der Waals surface area (Å²) in [7, 11) is 2.00. The van der Waals surface area contributed by atoms with Gasteiger partial charge in [-0.2, -0.15) is 0 Å². The fourth-order valence-corrected chi connectivity index (χ4v) is 2.66. The first-order chi connectivity index (χ1) is 8.04. The number of esters is 1. The molecule has 2 unspecified atom stereocenters. The fourth-order valence-electron chi connectivity index (χ4n) is 2.66. The Bertz CT molecular complexity index is 244. The van der Waals surface area contributed by atoms with Gasteiger partial charge in [-0.05, 0) is 46.2 Å². The van der Waals surface area contributed by atoms with Gasteiger partial charge in [-0.1, -0.05) is 12.8 Å². The smallest absolute Gasteiger partial charge is 0.320 e. The van der Waals surface area contributed by atoms with Crippen LogP contribution in [0.3, 0.4) is 0 Å². The van der Waals surface area contributed by atoms with Crippen molar-refractivity contribution >= 4 is 5.97 Å². The van der Waals surface area contributed by atoms with Gasteiger partial charge in [-0.3, -0.25) is 9.69 Å². The van der Waals surface area contributed by atoms with Gasteiger partial charge in [0.1, 0.15) is 0 Å². The van der Waals surface area contributed by atoms with Crippen LogP contribution in [0.25, 0.3) is 0 Å². The molecule has 1 rings (SSSR count). The zero-order valence-corrected chi connectivity index (χ0v) is 11.3. The van der Waals surface area contributed by atoms with Crippen molar-refractivity contribution in [1.82, 2.24) is 4.90 Å². The van der Waals surface area contributed by atoms with Crippen LogP contribution in [0.2, 0.25) is 0 Å². The molecule has 2 N–H and O–H groups in total. The van der Waals surface area contributed by atoms with E-state index in [2.05, 4.69) is 4.90 Å².